The SMILES string of the molecule is COC(=O)c1cncnc1N1CCC2(CC1)C(=O)N(C)C(=O)N2Cc1ccccc1. The molecule has 0 radical (unpaired) electrons. The fourth-order valence-electron chi connectivity index (χ4n) is 4.26. The van der Waals surface area contributed by atoms with Gasteiger partial charge >= 0.3 is 12.0 Å². The van der Waals surface area contributed by atoms with Crippen LogP contribution in [0.2, 0.25) is 0 Å². The van der Waals surface area contributed by atoms with Gasteiger partial charge < -0.3 is 14.5 Å². The predicted molar refractivity (Wildman–Crippen MR) is 108 cm³/mol. The quantitative estimate of drug-likeness (QED) is 0.560. The predicted octanol–water partition coefficient (Wildman–Crippen LogP) is 1.70. The second-order valence-corrected chi connectivity index (χ2v) is 7.49. The van der Waals surface area contributed by atoms with Gasteiger partial charge in [0, 0.05) is 32.9 Å². The summed E-state index contributed by atoms with van der Waals surface area (Å²) in [5, 5.41) is 0. The van der Waals surface area contributed by atoms with E-state index >= 15 is 0 Å². The molecular weight excluding hydrogens is 386 g/mol. The van der Waals surface area contributed by atoms with Crippen molar-refractivity contribution in [1.82, 2.24) is 19.8 Å². The van der Waals surface area contributed by atoms with E-state index in [2.05, 4.69) is 9.97 Å². The second kappa shape index (κ2) is 7.74. The standard InChI is InChI=1S/C21H23N5O4/c1-24-19(28)21(26(20(24)29)13-15-6-4-3-5-7-15)8-10-25(11-9-21)17-16(18(27)30-2)12-22-14-23-17/h3-7,12,14H,8-11,13H2,1-2H3. The summed E-state index contributed by atoms with van der Waals surface area (Å²) in [6.45, 7) is 1.31. The molecule has 0 saturated carbocycles. The van der Waals surface area contributed by atoms with Crippen LogP contribution in [-0.2, 0) is 16.1 Å². The summed E-state index contributed by atoms with van der Waals surface area (Å²) in [6, 6.07) is 9.36. The average Bonchev–Trinajstić information content (AvgIpc) is 2.96. The zero-order valence-corrected chi connectivity index (χ0v) is 16.9. The highest BCUT2D eigenvalue weighted by Crippen LogP contribution is 2.39. The number of esters is 1. The van der Waals surface area contributed by atoms with Crippen molar-refractivity contribution in [2.24, 2.45) is 0 Å². The maximum Gasteiger partial charge on any atom is 0.343 e. The smallest absolute Gasteiger partial charge is 0.343 e. The Morgan fingerprint density at radius 2 is 1.87 bits per heavy atom. The minimum atomic E-state index is -0.892. The van der Waals surface area contributed by atoms with Gasteiger partial charge in [-0.1, -0.05) is 30.3 Å². The fraction of sp³-hybridized carbons (Fsp3) is 0.381. The Balaban J connectivity index is 1.59. The van der Waals surface area contributed by atoms with Crippen molar-refractivity contribution in [3.8, 4) is 0 Å². The zero-order valence-electron chi connectivity index (χ0n) is 16.9. The molecule has 3 amide bonds. The molecular formula is C21H23N5O4. The number of benzene rings is 1. The molecule has 0 unspecified atom stereocenters. The van der Waals surface area contributed by atoms with E-state index in [-0.39, 0.29) is 17.5 Å². The molecule has 156 valence electrons. The van der Waals surface area contributed by atoms with Gasteiger partial charge in [0.1, 0.15) is 23.2 Å². The number of nitrogens with zero attached hydrogens (tertiary/aromatic N) is 5. The monoisotopic (exact) mass is 409 g/mol. The number of carbonyl (C=O) groups excluding carboxylic acids is 3. The van der Waals surface area contributed by atoms with Gasteiger partial charge in [-0.3, -0.25) is 9.69 Å². The number of ether oxygens (including phenoxy) is 1. The largest absolute Gasteiger partial charge is 0.465 e. The summed E-state index contributed by atoms with van der Waals surface area (Å²) in [7, 11) is 2.84. The molecule has 2 saturated heterocycles. The lowest BCUT2D eigenvalue weighted by Crippen LogP contribution is -2.56. The highest BCUT2D eigenvalue weighted by atomic mass is 16.5. The molecule has 9 heteroatoms. The van der Waals surface area contributed by atoms with E-state index in [4.69, 9.17) is 4.74 Å². The van der Waals surface area contributed by atoms with Crippen LogP contribution >= 0.6 is 0 Å². The van der Waals surface area contributed by atoms with Crippen LogP contribution < -0.4 is 4.90 Å². The van der Waals surface area contributed by atoms with Gasteiger partial charge in [-0.2, -0.15) is 0 Å². The number of methoxy groups -OCH3 is 1. The van der Waals surface area contributed by atoms with Crippen LogP contribution in [-0.4, -0.2) is 70.5 Å². The van der Waals surface area contributed by atoms with Crippen LogP contribution in [0, 0.1) is 0 Å². The van der Waals surface area contributed by atoms with E-state index in [1.54, 1.807) is 4.90 Å². The first-order valence-electron chi connectivity index (χ1n) is 9.75. The molecule has 30 heavy (non-hydrogen) atoms. The first-order valence-corrected chi connectivity index (χ1v) is 9.75. The van der Waals surface area contributed by atoms with Gasteiger partial charge in [0.25, 0.3) is 5.91 Å². The number of urea groups is 1. The molecule has 0 atom stereocenters. The van der Waals surface area contributed by atoms with E-state index in [1.807, 2.05) is 35.2 Å². The van der Waals surface area contributed by atoms with E-state index in [1.165, 1.54) is 31.6 Å². The number of hydrogen-bond acceptors (Lipinski definition) is 7. The van der Waals surface area contributed by atoms with Crippen LogP contribution in [0.3, 0.4) is 0 Å². The summed E-state index contributed by atoms with van der Waals surface area (Å²) in [6.07, 6.45) is 3.70. The van der Waals surface area contributed by atoms with Gasteiger partial charge in [0.05, 0.1) is 7.11 Å². The van der Waals surface area contributed by atoms with E-state index in [9.17, 15) is 14.4 Å². The number of piperidine rings is 1. The van der Waals surface area contributed by atoms with Crippen molar-refractivity contribution < 1.29 is 19.1 Å². The Kier molecular flexibility index (Phi) is 5.11. The first-order chi connectivity index (χ1) is 14.5. The molecule has 2 aliphatic rings. The number of amides is 3. The van der Waals surface area contributed by atoms with Crippen LogP contribution in [0.25, 0.3) is 0 Å². The van der Waals surface area contributed by atoms with Crippen molar-refractivity contribution in [3.05, 3.63) is 54.0 Å². The second-order valence-electron chi connectivity index (χ2n) is 7.49. The van der Waals surface area contributed by atoms with Crippen molar-refractivity contribution in [2.45, 2.75) is 24.9 Å². The summed E-state index contributed by atoms with van der Waals surface area (Å²) in [4.78, 5) is 51.1. The van der Waals surface area contributed by atoms with Gasteiger partial charge in [-0.05, 0) is 18.4 Å². The van der Waals surface area contributed by atoms with Crippen molar-refractivity contribution in [1.29, 1.82) is 0 Å². The van der Waals surface area contributed by atoms with Gasteiger partial charge in [-0.15, -0.1) is 0 Å². The molecule has 0 N–H and O–H groups in total. The topological polar surface area (TPSA) is 95.9 Å². The first kappa shape index (κ1) is 19.8. The fourth-order valence-corrected chi connectivity index (χ4v) is 4.26. The van der Waals surface area contributed by atoms with Gasteiger partial charge in [0.2, 0.25) is 0 Å². The third-order valence-electron chi connectivity index (χ3n) is 5.91. The number of aromatic nitrogens is 2. The molecule has 0 bridgehead atoms. The van der Waals surface area contributed by atoms with Crippen molar-refractivity contribution in [2.75, 3.05) is 32.1 Å². The third-order valence-corrected chi connectivity index (χ3v) is 5.91. The number of hydrogen-bond donors (Lipinski definition) is 0. The Bertz CT molecular complexity index is 972. The minimum absolute atomic E-state index is 0.182. The third kappa shape index (κ3) is 3.16. The number of rotatable bonds is 4. The minimum Gasteiger partial charge on any atom is -0.465 e. The Morgan fingerprint density at radius 1 is 1.17 bits per heavy atom. The summed E-state index contributed by atoms with van der Waals surface area (Å²) >= 11 is 0. The molecule has 4 rings (SSSR count). The molecule has 1 aromatic carbocycles. The highest BCUT2D eigenvalue weighted by molar-refractivity contribution is 6.07. The van der Waals surface area contributed by atoms with E-state index in [0.29, 0.717) is 38.3 Å². The Morgan fingerprint density at radius 3 is 2.53 bits per heavy atom. The summed E-state index contributed by atoms with van der Waals surface area (Å²) < 4.78 is 4.83. The lowest BCUT2D eigenvalue weighted by Gasteiger charge is -2.42. The highest BCUT2D eigenvalue weighted by Gasteiger charge is 2.56. The average molecular weight is 409 g/mol. The Hall–Kier alpha value is -3.49. The molecule has 2 fully saturated rings. The van der Waals surface area contributed by atoms with Crippen LogP contribution in [0.4, 0.5) is 10.6 Å². The number of imide groups is 1. The maximum absolute atomic E-state index is 13.1. The zero-order chi connectivity index (χ0) is 21.3. The number of likely N-dealkylation sites (N-methyl/N-ethyl adjacent to an activating group) is 1. The van der Waals surface area contributed by atoms with Crippen LogP contribution in [0.15, 0.2) is 42.9 Å². The molecule has 1 spiro atoms. The van der Waals surface area contributed by atoms with E-state index in [0.717, 1.165) is 5.56 Å². The molecule has 0 aliphatic carbocycles. The van der Waals surface area contributed by atoms with Gasteiger partial charge in [0.15, 0.2) is 0 Å². The van der Waals surface area contributed by atoms with Crippen LogP contribution in [0.1, 0.15) is 28.8 Å². The molecule has 3 heterocycles. The Labute approximate surface area is 174 Å². The van der Waals surface area contributed by atoms with Crippen LogP contribution in [0.5, 0.6) is 0 Å². The molecule has 2 aromatic rings. The van der Waals surface area contributed by atoms with Crippen molar-refractivity contribution >= 4 is 23.7 Å². The lowest BCUT2D eigenvalue weighted by molar-refractivity contribution is -0.133. The van der Waals surface area contributed by atoms with E-state index < -0.39 is 11.5 Å². The summed E-state index contributed by atoms with van der Waals surface area (Å²) in [5.74, 6) is -0.214. The van der Waals surface area contributed by atoms with Crippen molar-refractivity contribution in [3.63, 3.8) is 0 Å². The molecule has 1 aromatic heterocycles. The maximum atomic E-state index is 13.1. The molecule has 9 nitrogen and oxygen atoms in total. The normalized spacial score (nSPS) is 18.3. The lowest BCUT2D eigenvalue weighted by atomic mass is 9.85. The number of anilines is 1. The van der Waals surface area contributed by atoms with Gasteiger partial charge in [-0.25, -0.2) is 19.6 Å². The number of carbonyl (C=O) groups is 3. The molecule has 2 aliphatic heterocycles. The summed E-state index contributed by atoms with van der Waals surface area (Å²) in [5.41, 5.74) is 0.360.